The normalized spacial score (nSPS) is 21.5. The standard InChI is InChI=1S/C17H32O4.C5H12/c1-5-8-15(16(19)21-17(3,4)6-2)20-12-13-9-7-10-14(18)11-13;1-3-5-4-2/h13-15,18H,5-12H2,1-4H3;3-5H2,1-2H3. The molecule has 4 nitrogen and oxygen atoms in total. The quantitative estimate of drug-likeness (QED) is 0.503. The van der Waals surface area contributed by atoms with Crippen molar-refractivity contribution in [3.63, 3.8) is 0 Å². The largest absolute Gasteiger partial charge is 0.458 e. The van der Waals surface area contributed by atoms with Gasteiger partial charge in [0.05, 0.1) is 12.7 Å². The molecular weight excluding hydrogens is 328 g/mol. The zero-order valence-electron chi connectivity index (χ0n) is 18.2. The third-order valence-corrected chi connectivity index (χ3v) is 5.04. The summed E-state index contributed by atoms with van der Waals surface area (Å²) in [6.07, 6.45) is 9.55. The smallest absolute Gasteiger partial charge is 0.335 e. The molecule has 0 bridgehead atoms. The highest BCUT2D eigenvalue weighted by molar-refractivity contribution is 5.75. The first-order chi connectivity index (χ1) is 12.3. The first-order valence-electron chi connectivity index (χ1n) is 10.8. The lowest BCUT2D eigenvalue weighted by Crippen LogP contribution is -2.36. The summed E-state index contributed by atoms with van der Waals surface area (Å²) in [5.74, 6) is 0.111. The molecular formula is C22H44O4. The number of carbonyl (C=O) groups excluding carboxylic acids is 1. The topological polar surface area (TPSA) is 55.8 Å². The first-order valence-corrected chi connectivity index (χ1v) is 10.8. The van der Waals surface area contributed by atoms with E-state index in [1.165, 1.54) is 19.3 Å². The minimum Gasteiger partial charge on any atom is -0.458 e. The van der Waals surface area contributed by atoms with Crippen LogP contribution in [-0.2, 0) is 14.3 Å². The Kier molecular flexibility index (Phi) is 14.1. The summed E-state index contributed by atoms with van der Waals surface area (Å²) >= 11 is 0. The Morgan fingerprint density at radius 1 is 1.12 bits per heavy atom. The second-order valence-corrected chi connectivity index (χ2v) is 8.19. The molecule has 0 heterocycles. The van der Waals surface area contributed by atoms with E-state index < -0.39 is 11.7 Å². The average Bonchev–Trinajstić information content (AvgIpc) is 2.59. The van der Waals surface area contributed by atoms with E-state index in [9.17, 15) is 9.90 Å². The highest BCUT2D eigenvalue weighted by Crippen LogP contribution is 2.25. The predicted molar refractivity (Wildman–Crippen MR) is 108 cm³/mol. The van der Waals surface area contributed by atoms with E-state index in [4.69, 9.17) is 9.47 Å². The van der Waals surface area contributed by atoms with Gasteiger partial charge in [-0.3, -0.25) is 0 Å². The van der Waals surface area contributed by atoms with Crippen LogP contribution in [0.3, 0.4) is 0 Å². The lowest BCUT2D eigenvalue weighted by atomic mass is 9.88. The van der Waals surface area contributed by atoms with Gasteiger partial charge in [-0.2, -0.15) is 0 Å². The zero-order chi connectivity index (χ0) is 20.0. The van der Waals surface area contributed by atoms with Gasteiger partial charge in [-0.15, -0.1) is 0 Å². The number of carbonyl (C=O) groups is 1. The Morgan fingerprint density at radius 2 is 1.77 bits per heavy atom. The van der Waals surface area contributed by atoms with Gasteiger partial charge in [0.25, 0.3) is 0 Å². The number of aliphatic hydroxyl groups is 1. The van der Waals surface area contributed by atoms with E-state index in [1.807, 2.05) is 27.7 Å². The van der Waals surface area contributed by atoms with Crippen molar-refractivity contribution in [1.29, 1.82) is 0 Å². The second-order valence-electron chi connectivity index (χ2n) is 8.19. The van der Waals surface area contributed by atoms with Crippen LogP contribution in [0.4, 0.5) is 0 Å². The molecule has 0 saturated heterocycles. The number of esters is 1. The summed E-state index contributed by atoms with van der Waals surface area (Å²) in [6.45, 7) is 12.9. The summed E-state index contributed by atoms with van der Waals surface area (Å²) in [5.41, 5.74) is -0.437. The van der Waals surface area contributed by atoms with Crippen molar-refractivity contribution in [3.05, 3.63) is 0 Å². The van der Waals surface area contributed by atoms with Crippen LogP contribution in [-0.4, -0.2) is 35.5 Å². The molecule has 26 heavy (non-hydrogen) atoms. The fourth-order valence-electron chi connectivity index (χ4n) is 2.96. The van der Waals surface area contributed by atoms with E-state index in [0.717, 1.165) is 38.5 Å². The molecule has 3 unspecified atom stereocenters. The average molecular weight is 373 g/mol. The van der Waals surface area contributed by atoms with Gasteiger partial charge in [0.1, 0.15) is 5.60 Å². The van der Waals surface area contributed by atoms with Gasteiger partial charge in [0, 0.05) is 0 Å². The molecule has 3 atom stereocenters. The number of rotatable bonds is 10. The lowest BCUT2D eigenvalue weighted by molar-refractivity contribution is -0.172. The van der Waals surface area contributed by atoms with Gasteiger partial charge in [-0.1, -0.05) is 59.8 Å². The predicted octanol–water partition coefficient (Wildman–Crippen LogP) is 5.65. The Morgan fingerprint density at radius 3 is 2.23 bits per heavy atom. The molecule has 0 radical (unpaired) electrons. The second kappa shape index (κ2) is 14.4. The lowest BCUT2D eigenvalue weighted by Gasteiger charge is -2.29. The monoisotopic (exact) mass is 372 g/mol. The Labute approximate surface area is 162 Å². The first kappa shape index (κ1) is 25.4. The van der Waals surface area contributed by atoms with Crippen LogP contribution in [0, 0.1) is 5.92 Å². The molecule has 0 aliphatic heterocycles. The van der Waals surface area contributed by atoms with Crippen molar-refractivity contribution in [3.8, 4) is 0 Å². The molecule has 0 aromatic heterocycles. The van der Waals surface area contributed by atoms with Crippen LogP contribution in [0.25, 0.3) is 0 Å². The van der Waals surface area contributed by atoms with Crippen LogP contribution in [0.1, 0.15) is 106 Å². The van der Waals surface area contributed by atoms with Crippen molar-refractivity contribution >= 4 is 5.97 Å². The molecule has 4 heteroatoms. The third kappa shape index (κ3) is 11.9. The molecule has 0 amide bonds. The van der Waals surface area contributed by atoms with Gasteiger partial charge in [-0.05, 0) is 51.9 Å². The number of unbranched alkanes of at least 4 members (excludes halogenated alkanes) is 2. The van der Waals surface area contributed by atoms with Gasteiger partial charge in [0.15, 0.2) is 6.10 Å². The highest BCUT2D eigenvalue weighted by Gasteiger charge is 2.28. The summed E-state index contributed by atoms with van der Waals surface area (Å²) in [4.78, 5) is 12.2. The fraction of sp³-hybridized carbons (Fsp3) is 0.955. The van der Waals surface area contributed by atoms with E-state index in [2.05, 4.69) is 13.8 Å². The van der Waals surface area contributed by atoms with Gasteiger partial charge in [0.2, 0.25) is 0 Å². The molecule has 1 saturated carbocycles. The van der Waals surface area contributed by atoms with E-state index in [0.29, 0.717) is 18.9 Å². The van der Waals surface area contributed by atoms with Gasteiger partial charge >= 0.3 is 5.97 Å². The van der Waals surface area contributed by atoms with Gasteiger partial charge in [-0.25, -0.2) is 4.79 Å². The summed E-state index contributed by atoms with van der Waals surface area (Å²) in [6, 6.07) is 0. The maximum absolute atomic E-state index is 12.2. The van der Waals surface area contributed by atoms with Crippen LogP contribution >= 0.6 is 0 Å². The van der Waals surface area contributed by atoms with E-state index in [1.54, 1.807) is 0 Å². The van der Waals surface area contributed by atoms with Crippen molar-refractivity contribution in [2.45, 2.75) is 124 Å². The minimum absolute atomic E-state index is 0.206. The Bertz CT molecular complexity index is 352. The molecule has 156 valence electrons. The molecule has 1 aliphatic carbocycles. The number of aliphatic hydroxyl groups excluding tert-OH is 1. The van der Waals surface area contributed by atoms with Crippen LogP contribution in [0.5, 0.6) is 0 Å². The summed E-state index contributed by atoms with van der Waals surface area (Å²) in [5, 5.41) is 9.69. The maximum atomic E-state index is 12.2. The Hall–Kier alpha value is -0.610. The summed E-state index contributed by atoms with van der Waals surface area (Å²) in [7, 11) is 0. The van der Waals surface area contributed by atoms with Crippen LogP contribution in [0.2, 0.25) is 0 Å². The van der Waals surface area contributed by atoms with Gasteiger partial charge < -0.3 is 14.6 Å². The Balaban J connectivity index is 0.00000110. The molecule has 1 fully saturated rings. The number of ether oxygens (including phenoxy) is 2. The fourth-order valence-corrected chi connectivity index (χ4v) is 2.96. The van der Waals surface area contributed by atoms with Crippen LogP contribution in [0.15, 0.2) is 0 Å². The van der Waals surface area contributed by atoms with Crippen molar-refractivity contribution in [2.24, 2.45) is 5.92 Å². The molecule has 0 aromatic carbocycles. The number of hydrogen-bond donors (Lipinski definition) is 1. The molecule has 0 aromatic rings. The third-order valence-electron chi connectivity index (χ3n) is 5.04. The van der Waals surface area contributed by atoms with E-state index >= 15 is 0 Å². The maximum Gasteiger partial charge on any atom is 0.335 e. The highest BCUT2D eigenvalue weighted by atomic mass is 16.6. The minimum atomic E-state index is -0.472. The molecule has 1 aliphatic rings. The SMILES string of the molecule is CCCC(OCC1CCCC(O)C1)C(=O)OC(C)(C)CC.CCCCC. The van der Waals surface area contributed by atoms with Crippen molar-refractivity contribution in [1.82, 2.24) is 0 Å². The summed E-state index contributed by atoms with van der Waals surface area (Å²) < 4.78 is 11.4. The molecule has 1 rings (SSSR count). The zero-order valence-corrected chi connectivity index (χ0v) is 18.2. The number of hydrogen-bond acceptors (Lipinski definition) is 4. The molecule has 0 spiro atoms. The molecule has 1 N–H and O–H groups in total. The van der Waals surface area contributed by atoms with Crippen molar-refractivity contribution in [2.75, 3.05) is 6.61 Å². The van der Waals surface area contributed by atoms with Crippen molar-refractivity contribution < 1.29 is 19.4 Å². The van der Waals surface area contributed by atoms with E-state index in [-0.39, 0.29) is 12.1 Å². The van der Waals surface area contributed by atoms with Crippen LogP contribution < -0.4 is 0 Å².